The van der Waals surface area contributed by atoms with Crippen LogP contribution in [0.15, 0.2) is 36.5 Å². The first-order valence-corrected chi connectivity index (χ1v) is 9.33. The van der Waals surface area contributed by atoms with E-state index in [1.807, 2.05) is 13.8 Å². The van der Waals surface area contributed by atoms with Crippen molar-refractivity contribution in [1.82, 2.24) is 0 Å². The third-order valence-corrected chi connectivity index (χ3v) is 3.73. The van der Waals surface area contributed by atoms with E-state index in [1.165, 1.54) is 19.3 Å². The topological polar surface area (TPSA) is 26.3 Å². The number of carbonyl (C=O) groups excluding carboxylic acids is 1. The van der Waals surface area contributed by atoms with E-state index in [-0.39, 0.29) is 11.9 Å². The summed E-state index contributed by atoms with van der Waals surface area (Å²) in [6.45, 7) is 6.47. The van der Waals surface area contributed by atoms with Gasteiger partial charge in [-0.25, -0.2) is 0 Å². The van der Waals surface area contributed by atoms with E-state index in [0.29, 0.717) is 6.61 Å². The maximum atomic E-state index is 11.5. The summed E-state index contributed by atoms with van der Waals surface area (Å²) < 4.78 is 5.02. The number of hydrogen-bond donors (Lipinski definition) is 0. The van der Waals surface area contributed by atoms with Crippen molar-refractivity contribution in [3.05, 3.63) is 36.5 Å². The van der Waals surface area contributed by atoms with Gasteiger partial charge in [0, 0.05) is 0 Å². The number of allylic oxidation sites excluding steroid dienone is 6. The molecule has 1 unspecified atom stereocenters. The molecule has 0 bridgehead atoms. The maximum absolute atomic E-state index is 11.5. The second-order valence-electron chi connectivity index (χ2n) is 5.94. The third-order valence-electron chi connectivity index (χ3n) is 3.73. The first-order valence-electron chi connectivity index (χ1n) is 9.33. The molecule has 0 N–H and O–H groups in total. The second kappa shape index (κ2) is 17.1. The summed E-state index contributed by atoms with van der Waals surface area (Å²) in [6.07, 6.45) is 23.5. The monoisotopic (exact) mass is 320 g/mol. The van der Waals surface area contributed by atoms with E-state index >= 15 is 0 Å². The summed E-state index contributed by atoms with van der Waals surface area (Å²) in [6, 6.07) is 0. The minimum absolute atomic E-state index is 0.0475. The molecule has 0 heterocycles. The van der Waals surface area contributed by atoms with Gasteiger partial charge in [-0.3, -0.25) is 4.79 Å². The molecule has 0 radical (unpaired) electrons. The quantitative estimate of drug-likeness (QED) is 0.211. The Balaban J connectivity index is 3.40. The van der Waals surface area contributed by atoms with Crippen LogP contribution in [0.2, 0.25) is 0 Å². The van der Waals surface area contributed by atoms with Gasteiger partial charge in [0.1, 0.15) is 0 Å². The lowest BCUT2D eigenvalue weighted by Gasteiger charge is -2.09. The first kappa shape index (κ1) is 21.7. The average molecular weight is 321 g/mol. The van der Waals surface area contributed by atoms with E-state index in [9.17, 15) is 4.79 Å². The Morgan fingerprint density at radius 1 is 0.870 bits per heavy atom. The van der Waals surface area contributed by atoms with Crippen molar-refractivity contribution in [2.45, 2.75) is 78.6 Å². The molecule has 2 nitrogen and oxygen atoms in total. The van der Waals surface area contributed by atoms with Crippen molar-refractivity contribution in [3.63, 3.8) is 0 Å². The molecule has 23 heavy (non-hydrogen) atoms. The van der Waals surface area contributed by atoms with Gasteiger partial charge in [0.15, 0.2) is 0 Å². The molecule has 0 spiro atoms. The molecule has 0 aromatic heterocycles. The van der Waals surface area contributed by atoms with Gasteiger partial charge < -0.3 is 4.74 Å². The van der Waals surface area contributed by atoms with Gasteiger partial charge in [0.2, 0.25) is 0 Å². The van der Waals surface area contributed by atoms with E-state index in [1.54, 1.807) is 0 Å². The molecular weight excluding hydrogens is 284 g/mol. The molecule has 0 rings (SSSR count). The van der Waals surface area contributed by atoms with E-state index in [4.69, 9.17) is 4.74 Å². The van der Waals surface area contributed by atoms with Crippen molar-refractivity contribution in [1.29, 1.82) is 0 Å². The molecule has 0 saturated carbocycles. The highest BCUT2D eigenvalue weighted by Gasteiger charge is 2.12. The van der Waals surface area contributed by atoms with Crippen molar-refractivity contribution < 1.29 is 9.53 Å². The lowest BCUT2D eigenvalue weighted by molar-refractivity contribution is -0.147. The minimum atomic E-state index is -0.0475. The zero-order valence-electron chi connectivity index (χ0n) is 15.4. The van der Waals surface area contributed by atoms with Crippen LogP contribution in [0, 0.1) is 5.92 Å². The first-order chi connectivity index (χ1) is 11.2. The highest BCUT2D eigenvalue weighted by atomic mass is 16.5. The predicted octanol–water partition coefficient (Wildman–Crippen LogP) is 6.39. The summed E-state index contributed by atoms with van der Waals surface area (Å²) in [5.41, 5.74) is 0. The maximum Gasteiger partial charge on any atom is 0.308 e. The summed E-state index contributed by atoms with van der Waals surface area (Å²) in [4.78, 5) is 11.5. The molecule has 0 aliphatic heterocycles. The number of hydrogen-bond acceptors (Lipinski definition) is 2. The van der Waals surface area contributed by atoms with E-state index in [2.05, 4.69) is 43.4 Å². The fraction of sp³-hybridized carbons (Fsp3) is 0.667. The van der Waals surface area contributed by atoms with Gasteiger partial charge in [0.05, 0.1) is 12.5 Å². The third kappa shape index (κ3) is 15.4. The molecule has 0 aromatic carbocycles. The molecule has 0 aromatic rings. The van der Waals surface area contributed by atoms with Crippen LogP contribution in [0.25, 0.3) is 0 Å². The van der Waals surface area contributed by atoms with Gasteiger partial charge in [0.25, 0.3) is 0 Å². The van der Waals surface area contributed by atoms with E-state index < -0.39 is 0 Å². The fourth-order valence-corrected chi connectivity index (χ4v) is 2.30. The smallest absolute Gasteiger partial charge is 0.308 e. The Bertz CT molecular complexity index is 353. The van der Waals surface area contributed by atoms with Crippen molar-refractivity contribution in [2.75, 3.05) is 6.61 Å². The molecule has 1 atom stereocenters. The van der Waals surface area contributed by atoms with E-state index in [0.717, 1.165) is 38.5 Å². The Hall–Kier alpha value is -1.31. The minimum Gasteiger partial charge on any atom is -0.466 e. The van der Waals surface area contributed by atoms with Gasteiger partial charge >= 0.3 is 5.97 Å². The van der Waals surface area contributed by atoms with Crippen LogP contribution in [-0.4, -0.2) is 12.6 Å². The van der Waals surface area contributed by atoms with Crippen LogP contribution >= 0.6 is 0 Å². The van der Waals surface area contributed by atoms with Crippen molar-refractivity contribution in [2.24, 2.45) is 5.92 Å². The Morgan fingerprint density at radius 3 is 2.13 bits per heavy atom. The fourth-order valence-electron chi connectivity index (χ4n) is 2.30. The molecule has 2 heteroatoms. The molecule has 0 amide bonds. The normalized spacial score (nSPS) is 13.3. The zero-order chi connectivity index (χ0) is 17.2. The molecule has 0 aliphatic rings. The molecule has 0 aliphatic carbocycles. The van der Waals surface area contributed by atoms with Crippen LogP contribution in [0.4, 0.5) is 0 Å². The van der Waals surface area contributed by atoms with Crippen molar-refractivity contribution in [3.8, 4) is 0 Å². The second-order valence-corrected chi connectivity index (χ2v) is 5.94. The summed E-state index contributed by atoms with van der Waals surface area (Å²) >= 11 is 0. The van der Waals surface area contributed by atoms with Crippen LogP contribution in [0.1, 0.15) is 78.6 Å². The highest BCUT2D eigenvalue weighted by molar-refractivity contribution is 5.71. The summed E-state index contributed by atoms with van der Waals surface area (Å²) in [5, 5.41) is 0. The number of esters is 1. The van der Waals surface area contributed by atoms with Crippen molar-refractivity contribution >= 4 is 5.97 Å². The van der Waals surface area contributed by atoms with Gasteiger partial charge in [-0.05, 0) is 45.4 Å². The number of rotatable bonds is 14. The number of ether oxygens (including phenoxy) is 1. The standard InChI is InChI=1S/C21H36O2/c1-4-6-7-8-9-10-11-12-13-14-15-16-17-18-19-20(3)21(22)23-5-2/h6-7,9-10,12-13,20H,4-5,8,11,14-19H2,1-3H3. The van der Waals surface area contributed by atoms with Gasteiger partial charge in [-0.1, -0.05) is 69.6 Å². The van der Waals surface area contributed by atoms with Crippen LogP contribution in [0.5, 0.6) is 0 Å². The zero-order valence-corrected chi connectivity index (χ0v) is 15.4. The van der Waals surface area contributed by atoms with Crippen LogP contribution in [-0.2, 0) is 9.53 Å². The SMILES string of the molecule is CCC=CCC=CCC=CCCCCCCC(C)C(=O)OCC. The lowest BCUT2D eigenvalue weighted by Crippen LogP contribution is -2.14. The largest absolute Gasteiger partial charge is 0.466 e. The summed E-state index contributed by atoms with van der Waals surface area (Å²) in [5.74, 6) is 0.00229. The Labute approximate surface area is 143 Å². The van der Waals surface area contributed by atoms with Gasteiger partial charge in [-0.15, -0.1) is 0 Å². The lowest BCUT2D eigenvalue weighted by atomic mass is 10.0. The Kier molecular flexibility index (Phi) is 16.1. The average Bonchev–Trinajstić information content (AvgIpc) is 2.55. The summed E-state index contributed by atoms with van der Waals surface area (Å²) in [7, 11) is 0. The number of unbranched alkanes of at least 4 members (excludes halogenated alkanes) is 4. The predicted molar refractivity (Wildman–Crippen MR) is 100 cm³/mol. The molecule has 0 fully saturated rings. The van der Waals surface area contributed by atoms with Crippen LogP contribution in [0.3, 0.4) is 0 Å². The Morgan fingerprint density at radius 2 is 1.48 bits per heavy atom. The van der Waals surface area contributed by atoms with Gasteiger partial charge in [-0.2, -0.15) is 0 Å². The molecule has 0 saturated heterocycles. The molecular formula is C21H36O2. The highest BCUT2D eigenvalue weighted by Crippen LogP contribution is 2.13. The van der Waals surface area contributed by atoms with Crippen LogP contribution < -0.4 is 0 Å². The molecule has 132 valence electrons. The number of carbonyl (C=O) groups is 1.